The number of aryl methyl sites for hydroxylation is 1. The molecular weight excluding hydrogens is 250 g/mol. The lowest BCUT2D eigenvalue weighted by atomic mass is 10.2. The van der Waals surface area contributed by atoms with E-state index < -0.39 is 10.0 Å². The Bertz CT molecular complexity index is 524. The van der Waals surface area contributed by atoms with Crippen molar-refractivity contribution in [1.82, 2.24) is 9.29 Å². The quantitative estimate of drug-likeness (QED) is 0.840. The fourth-order valence-corrected chi connectivity index (χ4v) is 3.53. The van der Waals surface area contributed by atoms with Crippen molar-refractivity contribution in [3.8, 4) is 0 Å². The molecule has 0 saturated heterocycles. The van der Waals surface area contributed by atoms with E-state index in [-0.39, 0.29) is 11.5 Å². The summed E-state index contributed by atoms with van der Waals surface area (Å²) in [7, 11) is -3.42. The summed E-state index contributed by atoms with van der Waals surface area (Å²) in [6, 6.07) is 1.70. The second kappa shape index (κ2) is 4.36. The van der Waals surface area contributed by atoms with E-state index in [1.165, 1.54) is 0 Å². The monoisotopic (exact) mass is 271 g/mol. The molecule has 2 rings (SSSR count). The van der Waals surface area contributed by atoms with Crippen LogP contribution in [0.25, 0.3) is 0 Å². The minimum Gasteiger partial charge on any atom is -0.349 e. The largest absolute Gasteiger partial charge is 0.349 e. The van der Waals surface area contributed by atoms with E-state index in [1.54, 1.807) is 12.3 Å². The molecule has 1 aliphatic carbocycles. The normalized spacial score (nSPS) is 22.1. The minimum absolute atomic E-state index is 0.0498. The SMILES string of the molecule is CCn1cc(S(=O)(=O)NC2CC2(C)C)cc1CN. The zero-order valence-corrected chi connectivity index (χ0v) is 11.9. The Hall–Kier alpha value is -0.850. The van der Waals surface area contributed by atoms with E-state index >= 15 is 0 Å². The molecule has 1 heterocycles. The van der Waals surface area contributed by atoms with Gasteiger partial charge in [-0.25, -0.2) is 13.1 Å². The van der Waals surface area contributed by atoms with Crippen LogP contribution in [0.3, 0.4) is 0 Å². The Balaban J connectivity index is 2.22. The molecule has 18 heavy (non-hydrogen) atoms. The molecule has 3 N–H and O–H groups in total. The van der Waals surface area contributed by atoms with Crippen LogP contribution in [0.5, 0.6) is 0 Å². The van der Waals surface area contributed by atoms with Crippen LogP contribution in [-0.2, 0) is 23.1 Å². The fraction of sp³-hybridized carbons (Fsp3) is 0.667. The topological polar surface area (TPSA) is 77.1 Å². The molecule has 0 amide bonds. The smallest absolute Gasteiger partial charge is 0.242 e. The van der Waals surface area contributed by atoms with Crippen LogP contribution in [0.2, 0.25) is 0 Å². The van der Waals surface area contributed by atoms with E-state index in [0.29, 0.717) is 11.4 Å². The molecule has 102 valence electrons. The van der Waals surface area contributed by atoms with Crippen molar-refractivity contribution < 1.29 is 8.42 Å². The van der Waals surface area contributed by atoms with Gasteiger partial charge in [0.05, 0.1) is 4.90 Å². The van der Waals surface area contributed by atoms with Gasteiger partial charge in [0.25, 0.3) is 0 Å². The van der Waals surface area contributed by atoms with E-state index in [2.05, 4.69) is 18.6 Å². The van der Waals surface area contributed by atoms with Gasteiger partial charge in [-0.3, -0.25) is 0 Å². The highest BCUT2D eigenvalue weighted by Gasteiger charge is 2.48. The number of sulfonamides is 1. The number of nitrogens with zero attached hydrogens (tertiary/aromatic N) is 1. The Labute approximate surface area is 108 Å². The summed E-state index contributed by atoms with van der Waals surface area (Å²) in [6.07, 6.45) is 2.55. The molecule has 5 nitrogen and oxygen atoms in total. The molecular formula is C12H21N3O2S. The summed E-state index contributed by atoms with van der Waals surface area (Å²) < 4.78 is 29.0. The first-order valence-electron chi connectivity index (χ1n) is 6.21. The first kappa shape index (κ1) is 13.6. The van der Waals surface area contributed by atoms with E-state index in [0.717, 1.165) is 18.7 Å². The molecule has 1 atom stereocenters. The molecule has 1 saturated carbocycles. The van der Waals surface area contributed by atoms with Gasteiger partial charge in [0, 0.05) is 31.0 Å². The molecule has 0 radical (unpaired) electrons. The molecule has 1 unspecified atom stereocenters. The standard InChI is InChI=1S/C12H21N3O2S/c1-4-15-8-10(5-9(15)7-13)18(16,17)14-11-6-12(11,2)3/h5,8,11,14H,4,6-7,13H2,1-3H3. The highest BCUT2D eigenvalue weighted by atomic mass is 32.2. The van der Waals surface area contributed by atoms with Crippen LogP contribution in [0, 0.1) is 5.41 Å². The molecule has 6 heteroatoms. The van der Waals surface area contributed by atoms with Gasteiger partial charge >= 0.3 is 0 Å². The summed E-state index contributed by atoms with van der Waals surface area (Å²) in [5.41, 5.74) is 6.52. The van der Waals surface area contributed by atoms with Gasteiger partial charge in [-0.05, 0) is 24.8 Å². The zero-order chi connectivity index (χ0) is 13.6. The van der Waals surface area contributed by atoms with Gasteiger partial charge in [-0.15, -0.1) is 0 Å². The molecule has 1 aromatic rings. The number of aromatic nitrogens is 1. The lowest BCUT2D eigenvalue weighted by Gasteiger charge is -2.06. The van der Waals surface area contributed by atoms with E-state index in [9.17, 15) is 8.42 Å². The number of nitrogens with one attached hydrogen (secondary N) is 1. The van der Waals surface area contributed by atoms with Gasteiger partial charge in [0.2, 0.25) is 10.0 Å². The molecule has 1 aliphatic rings. The zero-order valence-electron chi connectivity index (χ0n) is 11.1. The number of hydrogen-bond donors (Lipinski definition) is 2. The number of rotatable bonds is 5. The van der Waals surface area contributed by atoms with Crippen molar-refractivity contribution >= 4 is 10.0 Å². The molecule has 1 fully saturated rings. The third-order valence-electron chi connectivity index (χ3n) is 3.63. The second-order valence-electron chi connectivity index (χ2n) is 5.52. The Kier molecular flexibility index (Phi) is 3.29. The predicted octanol–water partition coefficient (Wildman–Crippen LogP) is 1.04. The minimum atomic E-state index is -3.42. The summed E-state index contributed by atoms with van der Waals surface area (Å²) in [6.45, 7) is 7.15. The number of nitrogens with two attached hydrogens (primary N) is 1. The van der Waals surface area contributed by atoms with Gasteiger partial charge in [-0.1, -0.05) is 13.8 Å². The van der Waals surface area contributed by atoms with Crippen LogP contribution in [0.15, 0.2) is 17.2 Å². The van der Waals surface area contributed by atoms with Crippen molar-refractivity contribution in [1.29, 1.82) is 0 Å². The maximum atomic E-state index is 12.2. The molecule has 0 aliphatic heterocycles. The summed E-state index contributed by atoms with van der Waals surface area (Å²) in [4.78, 5) is 0.313. The van der Waals surface area contributed by atoms with E-state index in [1.807, 2.05) is 11.5 Å². The fourth-order valence-electron chi connectivity index (χ4n) is 2.06. The van der Waals surface area contributed by atoms with Crippen molar-refractivity contribution in [3.05, 3.63) is 18.0 Å². The van der Waals surface area contributed by atoms with Gasteiger partial charge in [0.15, 0.2) is 0 Å². The van der Waals surface area contributed by atoms with E-state index in [4.69, 9.17) is 5.73 Å². The van der Waals surface area contributed by atoms with Crippen LogP contribution in [0.4, 0.5) is 0 Å². The van der Waals surface area contributed by atoms with Crippen LogP contribution < -0.4 is 10.5 Å². The van der Waals surface area contributed by atoms with Gasteiger partial charge in [0.1, 0.15) is 0 Å². The van der Waals surface area contributed by atoms with Crippen LogP contribution in [-0.4, -0.2) is 19.0 Å². The first-order valence-corrected chi connectivity index (χ1v) is 7.70. The third-order valence-corrected chi connectivity index (χ3v) is 5.07. The lowest BCUT2D eigenvalue weighted by molar-refractivity contribution is 0.554. The maximum Gasteiger partial charge on any atom is 0.242 e. The molecule has 0 bridgehead atoms. The van der Waals surface area contributed by atoms with Crippen molar-refractivity contribution in [2.75, 3.05) is 0 Å². The third kappa shape index (κ3) is 2.46. The van der Waals surface area contributed by atoms with Crippen molar-refractivity contribution in [2.45, 2.75) is 51.2 Å². The van der Waals surface area contributed by atoms with Gasteiger partial charge in [-0.2, -0.15) is 0 Å². The van der Waals surface area contributed by atoms with Crippen LogP contribution >= 0.6 is 0 Å². The van der Waals surface area contributed by atoms with Gasteiger partial charge < -0.3 is 10.3 Å². The Morgan fingerprint density at radius 1 is 1.56 bits per heavy atom. The first-order chi connectivity index (χ1) is 8.30. The lowest BCUT2D eigenvalue weighted by Crippen LogP contribution is -2.28. The van der Waals surface area contributed by atoms with Crippen molar-refractivity contribution in [3.63, 3.8) is 0 Å². The molecule has 1 aromatic heterocycles. The summed E-state index contributed by atoms with van der Waals surface area (Å²) >= 11 is 0. The highest BCUT2D eigenvalue weighted by Crippen LogP contribution is 2.45. The average Bonchev–Trinajstić information content (AvgIpc) is 2.75. The summed E-state index contributed by atoms with van der Waals surface area (Å²) in [5, 5.41) is 0. The predicted molar refractivity (Wildman–Crippen MR) is 70.5 cm³/mol. The Morgan fingerprint density at radius 2 is 2.17 bits per heavy atom. The maximum absolute atomic E-state index is 12.2. The van der Waals surface area contributed by atoms with Crippen molar-refractivity contribution in [2.24, 2.45) is 11.1 Å². The summed E-state index contributed by atoms with van der Waals surface area (Å²) in [5.74, 6) is 0. The average molecular weight is 271 g/mol. The highest BCUT2D eigenvalue weighted by molar-refractivity contribution is 7.89. The van der Waals surface area contributed by atoms with Crippen LogP contribution in [0.1, 0.15) is 32.9 Å². The second-order valence-corrected chi connectivity index (χ2v) is 7.24. The number of hydrogen-bond acceptors (Lipinski definition) is 3. The Morgan fingerprint density at radius 3 is 2.56 bits per heavy atom. The molecule has 0 aromatic carbocycles. The molecule has 0 spiro atoms.